The molecule has 2 bridgehead atoms. The quantitative estimate of drug-likeness (QED) is 0.462. The molecule has 1 aromatic carbocycles. The molecule has 0 saturated heterocycles. The van der Waals surface area contributed by atoms with Crippen LogP contribution in [-0.4, -0.2) is 30.5 Å². The van der Waals surface area contributed by atoms with E-state index in [0.29, 0.717) is 10.4 Å². The Balaban J connectivity index is 2.25. The molecule has 2 aliphatic heterocycles. The number of nitrogens with zero attached hydrogens (tertiary/aromatic N) is 1. The standard InChI is InChI=1S/C13H14NO/c1-14-8-4-5-10(9-14)11-6-2-3-7-12(11)13(14)15/h2-7,10H,8-9H2,1H3/q+1/t10?,14-/m0/s1. The molecule has 0 fully saturated rings. The van der Waals surface area contributed by atoms with Crippen molar-refractivity contribution >= 4 is 5.91 Å². The molecule has 0 N–H and O–H groups in total. The molecule has 15 heavy (non-hydrogen) atoms. The molecule has 1 aromatic rings. The van der Waals surface area contributed by atoms with Gasteiger partial charge in [-0.05, 0) is 17.7 Å². The predicted octanol–water partition coefficient (Wildman–Crippen LogP) is 1.94. The lowest BCUT2D eigenvalue weighted by molar-refractivity contribution is -0.826. The molecule has 0 radical (unpaired) electrons. The van der Waals surface area contributed by atoms with Crippen LogP contribution in [0.15, 0.2) is 36.4 Å². The molecule has 1 unspecified atom stereocenters. The number of amides is 1. The van der Waals surface area contributed by atoms with E-state index in [1.165, 1.54) is 5.56 Å². The van der Waals surface area contributed by atoms with Gasteiger partial charge in [0.15, 0.2) is 0 Å². The second kappa shape index (κ2) is 2.80. The van der Waals surface area contributed by atoms with Gasteiger partial charge < -0.3 is 0 Å². The van der Waals surface area contributed by atoms with E-state index in [-0.39, 0.29) is 5.91 Å². The maximum absolute atomic E-state index is 12.3. The summed E-state index contributed by atoms with van der Waals surface area (Å²) in [7, 11) is 2.04. The van der Waals surface area contributed by atoms with Crippen LogP contribution < -0.4 is 0 Å². The van der Waals surface area contributed by atoms with Gasteiger partial charge in [-0.2, -0.15) is 0 Å². The second-order valence-electron chi connectivity index (χ2n) is 4.69. The minimum absolute atomic E-state index is 0.270. The average molecular weight is 200 g/mol. The monoisotopic (exact) mass is 200 g/mol. The third kappa shape index (κ3) is 1.11. The first-order chi connectivity index (χ1) is 7.21. The van der Waals surface area contributed by atoms with Crippen molar-refractivity contribution in [2.24, 2.45) is 0 Å². The first-order valence-electron chi connectivity index (χ1n) is 5.36. The molecule has 1 amide bonds. The Morgan fingerprint density at radius 3 is 3.00 bits per heavy atom. The van der Waals surface area contributed by atoms with Crippen molar-refractivity contribution in [3.05, 3.63) is 47.5 Å². The zero-order chi connectivity index (χ0) is 10.5. The normalized spacial score (nSPS) is 32.6. The molecule has 2 heteroatoms. The molecule has 0 aromatic heterocycles. The highest BCUT2D eigenvalue weighted by molar-refractivity contribution is 5.92. The van der Waals surface area contributed by atoms with Crippen molar-refractivity contribution < 1.29 is 9.28 Å². The number of likely N-dealkylation sites (N-methyl/N-ethyl adjacent to an activating group) is 1. The van der Waals surface area contributed by atoms with Gasteiger partial charge in [0.1, 0.15) is 6.54 Å². The number of carbonyl (C=O) groups is 1. The number of hydrogen-bond donors (Lipinski definition) is 0. The highest BCUT2D eigenvalue weighted by Crippen LogP contribution is 2.35. The Hall–Kier alpha value is -1.41. The van der Waals surface area contributed by atoms with Gasteiger partial charge in [-0.1, -0.05) is 24.3 Å². The van der Waals surface area contributed by atoms with Crippen molar-refractivity contribution in [2.75, 3.05) is 20.1 Å². The molecule has 3 rings (SSSR count). The first kappa shape index (κ1) is 8.86. The molecular formula is C13H14NO+. The zero-order valence-corrected chi connectivity index (χ0v) is 8.81. The highest BCUT2D eigenvalue weighted by Gasteiger charge is 2.43. The van der Waals surface area contributed by atoms with Gasteiger partial charge in [0.25, 0.3) is 0 Å². The lowest BCUT2D eigenvalue weighted by Gasteiger charge is -2.40. The molecule has 2 heterocycles. The van der Waals surface area contributed by atoms with E-state index in [1.54, 1.807) is 0 Å². The summed E-state index contributed by atoms with van der Waals surface area (Å²) in [6, 6.07) is 8.01. The van der Waals surface area contributed by atoms with E-state index in [9.17, 15) is 4.79 Å². The molecule has 2 nitrogen and oxygen atoms in total. The maximum Gasteiger partial charge on any atom is 0.346 e. The van der Waals surface area contributed by atoms with Gasteiger partial charge in [0.2, 0.25) is 0 Å². The summed E-state index contributed by atoms with van der Waals surface area (Å²) in [5, 5.41) is 0. The molecule has 76 valence electrons. The Morgan fingerprint density at radius 2 is 2.13 bits per heavy atom. The number of hydrogen-bond acceptors (Lipinski definition) is 1. The number of carbonyl (C=O) groups excluding carboxylic acids is 1. The van der Waals surface area contributed by atoms with Crippen molar-refractivity contribution in [2.45, 2.75) is 5.92 Å². The van der Waals surface area contributed by atoms with E-state index in [1.807, 2.05) is 25.2 Å². The smallest absolute Gasteiger partial charge is 0.254 e. The van der Waals surface area contributed by atoms with Gasteiger partial charge in [-0.3, -0.25) is 4.48 Å². The number of benzene rings is 1. The third-order valence-electron chi connectivity index (χ3n) is 3.56. The molecule has 0 spiro atoms. The Kier molecular flexibility index (Phi) is 1.65. The van der Waals surface area contributed by atoms with E-state index < -0.39 is 0 Å². The van der Waals surface area contributed by atoms with Gasteiger partial charge in [0.05, 0.1) is 25.1 Å². The Labute approximate surface area is 89.4 Å². The third-order valence-corrected chi connectivity index (χ3v) is 3.56. The zero-order valence-electron chi connectivity index (χ0n) is 8.81. The summed E-state index contributed by atoms with van der Waals surface area (Å²) < 4.78 is 0.540. The predicted molar refractivity (Wildman–Crippen MR) is 58.6 cm³/mol. The lowest BCUT2D eigenvalue weighted by atomic mass is 9.85. The van der Waals surface area contributed by atoms with Gasteiger partial charge in [0, 0.05) is 0 Å². The van der Waals surface area contributed by atoms with Crippen LogP contribution >= 0.6 is 0 Å². The van der Waals surface area contributed by atoms with Crippen LogP contribution in [0.25, 0.3) is 0 Å². The summed E-state index contributed by atoms with van der Waals surface area (Å²) in [4.78, 5) is 12.3. The van der Waals surface area contributed by atoms with Crippen LogP contribution in [0.1, 0.15) is 21.8 Å². The van der Waals surface area contributed by atoms with Crippen LogP contribution in [0.3, 0.4) is 0 Å². The van der Waals surface area contributed by atoms with Crippen molar-refractivity contribution in [1.82, 2.24) is 0 Å². The molecule has 2 atom stereocenters. The fourth-order valence-corrected chi connectivity index (χ4v) is 2.70. The fourth-order valence-electron chi connectivity index (χ4n) is 2.70. The van der Waals surface area contributed by atoms with E-state index >= 15 is 0 Å². The summed E-state index contributed by atoms with van der Waals surface area (Å²) in [6.45, 7) is 1.76. The van der Waals surface area contributed by atoms with Crippen molar-refractivity contribution in [3.8, 4) is 0 Å². The molecule has 2 aliphatic rings. The largest absolute Gasteiger partial charge is 0.346 e. The van der Waals surface area contributed by atoms with Crippen LogP contribution in [0.2, 0.25) is 0 Å². The van der Waals surface area contributed by atoms with Gasteiger partial charge in [-0.25, -0.2) is 4.79 Å². The first-order valence-corrected chi connectivity index (χ1v) is 5.36. The Bertz CT molecular complexity index is 463. The second-order valence-corrected chi connectivity index (χ2v) is 4.69. The molecule has 0 aliphatic carbocycles. The van der Waals surface area contributed by atoms with Crippen molar-refractivity contribution in [1.29, 1.82) is 0 Å². The topological polar surface area (TPSA) is 17.1 Å². The van der Waals surface area contributed by atoms with Crippen LogP contribution in [0, 0.1) is 0 Å². The van der Waals surface area contributed by atoms with Crippen LogP contribution in [0.5, 0.6) is 0 Å². The molecular weight excluding hydrogens is 186 g/mol. The van der Waals surface area contributed by atoms with E-state index in [2.05, 4.69) is 18.2 Å². The minimum atomic E-state index is 0.270. The molecule has 0 saturated carbocycles. The summed E-state index contributed by atoms with van der Waals surface area (Å²) in [5.41, 5.74) is 2.12. The Morgan fingerprint density at radius 1 is 1.33 bits per heavy atom. The summed E-state index contributed by atoms with van der Waals surface area (Å²) >= 11 is 0. The number of rotatable bonds is 0. The summed E-state index contributed by atoms with van der Waals surface area (Å²) in [5.74, 6) is 0.698. The minimum Gasteiger partial charge on any atom is -0.254 e. The van der Waals surface area contributed by atoms with Crippen LogP contribution in [-0.2, 0) is 0 Å². The van der Waals surface area contributed by atoms with E-state index in [0.717, 1.165) is 18.7 Å². The fraction of sp³-hybridized carbons (Fsp3) is 0.308. The SMILES string of the molecule is C[N@+]12CC=CC(C1)c1ccccc1C2=O. The number of quaternary nitrogens is 1. The summed E-state index contributed by atoms with van der Waals surface area (Å²) in [6.07, 6.45) is 4.38. The number of fused-ring (bicyclic) bond motifs is 4. The highest BCUT2D eigenvalue weighted by atomic mass is 16.2. The van der Waals surface area contributed by atoms with Gasteiger partial charge >= 0.3 is 5.91 Å². The lowest BCUT2D eigenvalue weighted by Crippen LogP contribution is -2.56. The van der Waals surface area contributed by atoms with Crippen molar-refractivity contribution in [3.63, 3.8) is 0 Å². The van der Waals surface area contributed by atoms with Crippen LogP contribution in [0.4, 0.5) is 0 Å². The maximum atomic E-state index is 12.3. The average Bonchev–Trinajstić information content (AvgIpc) is 2.27. The van der Waals surface area contributed by atoms with Gasteiger partial charge in [-0.15, -0.1) is 0 Å². The van der Waals surface area contributed by atoms with E-state index in [4.69, 9.17) is 0 Å².